The molecule has 15 heavy (non-hydrogen) atoms. The fraction of sp³-hybridized carbons (Fsp3) is 1.00. The van der Waals surface area contributed by atoms with E-state index < -0.39 is 0 Å². The maximum absolute atomic E-state index is 3.52. The zero-order valence-electron chi connectivity index (χ0n) is 10.7. The van der Waals surface area contributed by atoms with Crippen molar-refractivity contribution in [2.75, 3.05) is 13.1 Å². The van der Waals surface area contributed by atoms with Crippen LogP contribution in [0, 0.1) is 11.8 Å². The van der Waals surface area contributed by atoms with Crippen molar-refractivity contribution in [3.8, 4) is 0 Å². The molecule has 1 aliphatic heterocycles. The number of nitrogens with one attached hydrogen (secondary N) is 1. The second-order valence-electron chi connectivity index (χ2n) is 5.21. The zero-order chi connectivity index (χ0) is 10.9. The lowest BCUT2D eigenvalue weighted by Gasteiger charge is -2.24. The van der Waals surface area contributed by atoms with E-state index in [0.717, 1.165) is 11.8 Å². The van der Waals surface area contributed by atoms with Gasteiger partial charge in [-0.3, -0.25) is 0 Å². The van der Waals surface area contributed by atoms with E-state index in [4.69, 9.17) is 0 Å². The average Bonchev–Trinajstić information content (AvgIpc) is 2.31. The molecule has 0 aliphatic carbocycles. The van der Waals surface area contributed by atoms with Gasteiger partial charge in [-0.2, -0.15) is 0 Å². The van der Waals surface area contributed by atoms with Crippen molar-refractivity contribution in [1.29, 1.82) is 0 Å². The van der Waals surface area contributed by atoms with Crippen molar-refractivity contribution in [1.82, 2.24) is 5.32 Å². The lowest BCUT2D eigenvalue weighted by molar-refractivity contribution is 0.309. The van der Waals surface area contributed by atoms with Crippen molar-refractivity contribution < 1.29 is 0 Å². The zero-order valence-corrected chi connectivity index (χ0v) is 10.7. The van der Waals surface area contributed by atoms with Gasteiger partial charge in [0, 0.05) is 0 Å². The molecule has 0 aromatic carbocycles. The standard InChI is InChI=1S/C14H29N/c1-3-5-7-13(4-2)9-10-14-8-6-11-15-12-14/h13-15H,3-12H2,1-2H3. The Morgan fingerprint density at radius 3 is 2.73 bits per heavy atom. The van der Waals surface area contributed by atoms with Crippen LogP contribution in [0.2, 0.25) is 0 Å². The minimum Gasteiger partial charge on any atom is -0.316 e. The van der Waals surface area contributed by atoms with Crippen molar-refractivity contribution in [3.63, 3.8) is 0 Å². The van der Waals surface area contributed by atoms with E-state index in [9.17, 15) is 0 Å². The van der Waals surface area contributed by atoms with Crippen LogP contribution in [0.4, 0.5) is 0 Å². The van der Waals surface area contributed by atoms with Crippen molar-refractivity contribution in [2.45, 2.75) is 65.2 Å². The molecule has 1 N–H and O–H groups in total. The second kappa shape index (κ2) is 8.15. The Bertz CT molecular complexity index is 138. The maximum atomic E-state index is 3.52. The number of piperidine rings is 1. The topological polar surface area (TPSA) is 12.0 Å². The largest absolute Gasteiger partial charge is 0.316 e. The van der Waals surface area contributed by atoms with Crippen LogP contribution in [0.1, 0.15) is 65.2 Å². The predicted molar refractivity (Wildman–Crippen MR) is 68.1 cm³/mol. The first-order valence-corrected chi connectivity index (χ1v) is 7.07. The summed E-state index contributed by atoms with van der Waals surface area (Å²) in [5.74, 6) is 1.99. The first-order valence-electron chi connectivity index (χ1n) is 7.07. The SMILES string of the molecule is CCCCC(CC)CCC1CCCNC1. The quantitative estimate of drug-likeness (QED) is 0.671. The van der Waals surface area contributed by atoms with Gasteiger partial charge in [0.25, 0.3) is 0 Å². The second-order valence-corrected chi connectivity index (χ2v) is 5.21. The van der Waals surface area contributed by atoms with Gasteiger partial charge in [0.05, 0.1) is 0 Å². The van der Waals surface area contributed by atoms with Crippen molar-refractivity contribution in [2.24, 2.45) is 11.8 Å². The number of hydrogen-bond acceptors (Lipinski definition) is 1. The summed E-state index contributed by atoms with van der Waals surface area (Å²) in [5, 5.41) is 3.52. The molecule has 90 valence electrons. The van der Waals surface area contributed by atoms with Gasteiger partial charge >= 0.3 is 0 Å². The normalized spacial score (nSPS) is 24.0. The third-order valence-electron chi connectivity index (χ3n) is 3.93. The minimum absolute atomic E-state index is 0.981. The van der Waals surface area contributed by atoms with Gasteiger partial charge in [-0.05, 0) is 44.2 Å². The molecule has 1 saturated heterocycles. The Kier molecular flexibility index (Phi) is 7.08. The highest BCUT2D eigenvalue weighted by Crippen LogP contribution is 2.23. The molecular formula is C14H29N. The molecule has 1 nitrogen and oxygen atoms in total. The van der Waals surface area contributed by atoms with Gasteiger partial charge in [-0.25, -0.2) is 0 Å². The summed E-state index contributed by atoms with van der Waals surface area (Å²) in [7, 11) is 0. The van der Waals surface area contributed by atoms with Gasteiger partial charge in [-0.15, -0.1) is 0 Å². The fourth-order valence-electron chi connectivity index (χ4n) is 2.69. The molecule has 2 unspecified atom stereocenters. The number of unbranched alkanes of at least 4 members (excludes halogenated alkanes) is 1. The first kappa shape index (κ1) is 13.0. The lowest BCUT2D eigenvalue weighted by Crippen LogP contribution is -2.29. The Balaban J connectivity index is 2.09. The van der Waals surface area contributed by atoms with Gasteiger partial charge in [0.1, 0.15) is 0 Å². The molecule has 1 heteroatoms. The summed E-state index contributed by atoms with van der Waals surface area (Å²) in [6.45, 7) is 7.20. The molecule has 0 saturated carbocycles. The molecule has 0 aromatic rings. The van der Waals surface area contributed by atoms with Gasteiger partial charge < -0.3 is 5.32 Å². The summed E-state index contributed by atoms with van der Waals surface area (Å²) < 4.78 is 0. The molecule has 0 amide bonds. The summed E-state index contributed by atoms with van der Waals surface area (Å²) >= 11 is 0. The van der Waals surface area contributed by atoms with Crippen LogP contribution in [0.15, 0.2) is 0 Å². The van der Waals surface area contributed by atoms with E-state index in [2.05, 4.69) is 19.2 Å². The molecule has 0 spiro atoms. The molecule has 1 fully saturated rings. The molecule has 1 aliphatic rings. The Morgan fingerprint density at radius 1 is 1.27 bits per heavy atom. The molecular weight excluding hydrogens is 182 g/mol. The molecule has 1 heterocycles. The van der Waals surface area contributed by atoms with Crippen LogP contribution in [0.5, 0.6) is 0 Å². The predicted octanol–water partition coefficient (Wildman–Crippen LogP) is 3.98. The van der Waals surface area contributed by atoms with E-state index in [1.807, 2.05) is 0 Å². The van der Waals surface area contributed by atoms with Crippen LogP contribution < -0.4 is 5.32 Å². The van der Waals surface area contributed by atoms with Gasteiger partial charge in [0.15, 0.2) is 0 Å². The van der Waals surface area contributed by atoms with E-state index in [1.54, 1.807) is 0 Å². The van der Waals surface area contributed by atoms with Gasteiger partial charge in [0.2, 0.25) is 0 Å². The monoisotopic (exact) mass is 211 g/mol. The lowest BCUT2D eigenvalue weighted by atomic mass is 9.87. The van der Waals surface area contributed by atoms with Crippen LogP contribution >= 0.6 is 0 Å². The summed E-state index contributed by atoms with van der Waals surface area (Å²) in [4.78, 5) is 0. The smallest absolute Gasteiger partial charge is 0.00205 e. The Morgan fingerprint density at radius 2 is 2.13 bits per heavy atom. The Hall–Kier alpha value is -0.0400. The summed E-state index contributed by atoms with van der Waals surface area (Å²) in [6, 6.07) is 0. The van der Waals surface area contributed by atoms with E-state index in [1.165, 1.54) is 64.5 Å². The van der Waals surface area contributed by atoms with Crippen LogP contribution in [-0.4, -0.2) is 13.1 Å². The highest BCUT2D eigenvalue weighted by Gasteiger charge is 2.14. The molecule has 2 atom stereocenters. The summed E-state index contributed by atoms with van der Waals surface area (Å²) in [6.07, 6.45) is 11.5. The van der Waals surface area contributed by atoms with Crippen molar-refractivity contribution >= 4 is 0 Å². The van der Waals surface area contributed by atoms with Crippen molar-refractivity contribution in [3.05, 3.63) is 0 Å². The highest BCUT2D eigenvalue weighted by molar-refractivity contribution is 4.70. The molecule has 0 aromatic heterocycles. The van der Waals surface area contributed by atoms with Crippen LogP contribution in [-0.2, 0) is 0 Å². The van der Waals surface area contributed by atoms with E-state index in [-0.39, 0.29) is 0 Å². The molecule has 1 rings (SSSR count). The Labute approximate surface area is 96.0 Å². The number of hydrogen-bond donors (Lipinski definition) is 1. The van der Waals surface area contributed by atoms with Crippen LogP contribution in [0.3, 0.4) is 0 Å². The third-order valence-corrected chi connectivity index (χ3v) is 3.93. The van der Waals surface area contributed by atoms with E-state index >= 15 is 0 Å². The number of rotatable bonds is 7. The molecule has 0 radical (unpaired) electrons. The highest BCUT2D eigenvalue weighted by atomic mass is 14.9. The van der Waals surface area contributed by atoms with Gasteiger partial charge in [-0.1, -0.05) is 46.0 Å². The molecule has 0 bridgehead atoms. The fourth-order valence-corrected chi connectivity index (χ4v) is 2.69. The third kappa shape index (κ3) is 5.55. The maximum Gasteiger partial charge on any atom is -0.00205 e. The van der Waals surface area contributed by atoms with Crippen LogP contribution in [0.25, 0.3) is 0 Å². The average molecular weight is 211 g/mol. The first-order chi connectivity index (χ1) is 7.36. The van der Waals surface area contributed by atoms with E-state index in [0.29, 0.717) is 0 Å². The minimum atomic E-state index is 0.981. The summed E-state index contributed by atoms with van der Waals surface area (Å²) in [5.41, 5.74) is 0.